The number of thiazole rings is 1. The van der Waals surface area contributed by atoms with Gasteiger partial charge in [0.15, 0.2) is 4.80 Å². The molecule has 1 atom stereocenters. The molecule has 1 aromatic heterocycles. The van der Waals surface area contributed by atoms with E-state index in [-0.39, 0.29) is 24.0 Å². The first kappa shape index (κ1) is 24.8. The summed E-state index contributed by atoms with van der Waals surface area (Å²) in [5, 5.41) is 10.7. The topological polar surface area (TPSA) is 90.1 Å². The maximum absolute atomic E-state index is 13.6. The molecular formula is C26H25ClN2O5S. The standard InChI is InChI=1S/C26H25ClN2O5S/c1-5-33-25(32)22-15(4)28-26-29(23(22)16-6-9-19(10-7-16)34-14(2)3)24(31)21(35-26)13-17-12-18(27)8-11-20(17)30/h6-14,23,30H,5H2,1-4H3/b21-13-/t23-/m1/s1. The first-order chi connectivity index (χ1) is 16.7. The molecule has 7 nitrogen and oxygen atoms in total. The number of phenolic OH excluding ortho intramolecular Hbond substituents is 1. The molecular weight excluding hydrogens is 488 g/mol. The summed E-state index contributed by atoms with van der Waals surface area (Å²) in [7, 11) is 0. The number of esters is 1. The number of allylic oxidation sites excluding steroid dienone is 1. The maximum atomic E-state index is 13.6. The summed E-state index contributed by atoms with van der Waals surface area (Å²) in [6.07, 6.45) is 1.59. The van der Waals surface area contributed by atoms with Crippen molar-refractivity contribution in [1.82, 2.24) is 4.57 Å². The largest absolute Gasteiger partial charge is 0.507 e. The van der Waals surface area contributed by atoms with Crippen LogP contribution >= 0.6 is 22.9 Å². The van der Waals surface area contributed by atoms with Gasteiger partial charge in [-0.15, -0.1) is 0 Å². The number of rotatable bonds is 6. The van der Waals surface area contributed by atoms with E-state index >= 15 is 0 Å². The lowest BCUT2D eigenvalue weighted by Gasteiger charge is -2.25. The van der Waals surface area contributed by atoms with E-state index in [0.29, 0.717) is 36.9 Å². The van der Waals surface area contributed by atoms with E-state index in [1.54, 1.807) is 32.1 Å². The molecule has 0 saturated heterocycles. The number of hydrogen-bond acceptors (Lipinski definition) is 7. The fraction of sp³-hybridized carbons (Fsp3) is 0.269. The van der Waals surface area contributed by atoms with Gasteiger partial charge in [-0.05, 0) is 69.7 Å². The van der Waals surface area contributed by atoms with E-state index < -0.39 is 12.0 Å². The second-order valence-electron chi connectivity index (χ2n) is 8.24. The van der Waals surface area contributed by atoms with Crippen LogP contribution in [0.25, 0.3) is 6.08 Å². The minimum absolute atomic E-state index is 0.000852. The molecule has 2 aromatic carbocycles. The van der Waals surface area contributed by atoms with Gasteiger partial charge in [0, 0.05) is 10.6 Å². The Morgan fingerprint density at radius 2 is 1.97 bits per heavy atom. The predicted molar refractivity (Wildman–Crippen MR) is 136 cm³/mol. The number of aromatic hydroxyl groups is 1. The van der Waals surface area contributed by atoms with E-state index in [2.05, 4.69) is 4.99 Å². The summed E-state index contributed by atoms with van der Waals surface area (Å²) in [4.78, 5) is 31.6. The lowest BCUT2D eigenvalue weighted by atomic mass is 9.96. The fourth-order valence-electron chi connectivity index (χ4n) is 3.89. The van der Waals surface area contributed by atoms with Gasteiger partial charge in [0.05, 0.1) is 34.6 Å². The van der Waals surface area contributed by atoms with E-state index in [9.17, 15) is 14.7 Å². The molecule has 0 fully saturated rings. The van der Waals surface area contributed by atoms with Gasteiger partial charge in [-0.25, -0.2) is 9.79 Å². The van der Waals surface area contributed by atoms with Crippen molar-refractivity contribution in [3.05, 3.63) is 89.6 Å². The predicted octanol–water partition coefficient (Wildman–Crippen LogP) is 3.94. The molecule has 0 spiro atoms. The molecule has 3 aromatic rings. The number of nitrogens with zero attached hydrogens (tertiary/aromatic N) is 2. The van der Waals surface area contributed by atoms with E-state index in [1.165, 1.54) is 22.0 Å². The van der Waals surface area contributed by atoms with Crippen molar-refractivity contribution in [2.45, 2.75) is 39.8 Å². The normalized spacial score (nSPS) is 15.7. The van der Waals surface area contributed by atoms with Crippen molar-refractivity contribution in [1.29, 1.82) is 0 Å². The van der Waals surface area contributed by atoms with Crippen LogP contribution in [0.1, 0.15) is 44.9 Å². The van der Waals surface area contributed by atoms with Crippen molar-refractivity contribution in [3.63, 3.8) is 0 Å². The zero-order chi connectivity index (χ0) is 25.3. The van der Waals surface area contributed by atoms with Crippen molar-refractivity contribution < 1.29 is 19.4 Å². The molecule has 0 radical (unpaired) electrons. The van der Waals surface area contributed by atoms with Crippen molar-refractivity contribution in [3.8, 4) is 11.5 Å². The average Bonchev–Trinajstić information content (AvgIpc) is 3.10. The highest BCUT2D eigenvalue weighted by Crippen LogP contribution is 2.32. The summed E-state index contributed by atoms with van der Waals surface area (Å²) >= 11 is 7.25. The molecule has 1 aliphatic heterocycles. The third-order valence-electron chi connectivity index (χ3n) is 5.36. The first-order valence-electron chi connectivity index (χ1n) is 11.1. The summed E-state index contributed by atoms with van der Waals surface area (Å²) in [6.45, 7) is 7.54. The minimum atomic E-state index is -0.728. The molecule has 1 N–H and O–H groups in total. The second kappa shape index (κ2) is 10.1. The van der Waals surface area contributed by atoms with Gasteiger partial charge < -0.3 is 14.6 Å². The quantitative estimate of drug-likeness (QED) is 0.505. The summed E-state index contributed by atoms with van der Waals surface area (Å²) in [5.74, 6) is 0.162. The zero-order valence-electron chi connectivity index (χ0n) is 19.7. The summed E-state index contributed by atoms with van der Waals surface area (Å²) in [5.41, 5.74) is 1.57. The Morgan fingerprint density at radius 3 is 2.63 bits per heavy atom. The molecule has 35 heavy (non-hydrogen) atoms. The number of ether oxygens (including phenoxy) is 2. The smallest absolute Gasteiger partial charge is 0.338 e. The monoisotopic (exact) mass is 512 g/mol. The van der Waals surface area contributed by atoms with Gasteiger partial charge in [-0.1, -0.05) is 35.1 Å². The van der Waals surface area contributed by atoms with Gasteiger partial charge >= 0.3 is 5.97 Å². The van der Waals surface area contributed by atoms with Gasteiger partial charge in [0.2, 0.25) is 0 Å². The number of carbonyl (C=O) groups is 1. The molecule has 9 heteroatoms. The fourth-order valence-corrected chi connectivity index (χ4v) is 5.11. The molecule has 0 saturated carbocycles. The van der Waals surface area contributed by atoms with Crippen LogP contribution in [-0.4, -0.2) is 28.4 Å². The Hall–Kier alpha value is -3.36. The van der Waals surface area contributed by atoms with Crippen molar-refractivity contribution >= 4 is 35.0 Å². The number of halogens is 1. The SMILES string of the molecule is CCOC(=O)C1=C(C)N=c2s/c(=C\c3cc(Cl)ccc3O)c(=O)n2[C@@H]1c1ccc(OC(C)C)cc1. The molecule has 0 aliphatic carbocycles. The molecule has 182 valence electrons. The molecule has 4 rings (SSSR count). The van der Waals surface area contributed by atoms with Gasteiger partial charge in [-0.2, -0.15) is 0 Å². The number of benzene rings is 2. The summed E-state index contributed by atoms with van der Waals surface area (Å²) in [6, 6.07) is 11.2. The Morgan fingerprint density at radius 1 is 1.26 bits per heavy atom. The van der Waals surface area contributed by atoms with E-state index in [1.807, 2.05) is 38.1 Å². The maximum Gasteiger partial charge on any atom is 0.338 e. The van der Waals surface area contributed by atoms with Crippen LogP contribution in [-0.2, 0) is 9.53 Å². The van der Waals surface area contributed by atoms with Crippen LogP contribution in [0.15, 0.2) is 63.5 Å². The van der Waals surface area contributed by atoms with Crippen molar-refractivity contribution in [2.24, 2.45) is 4.99 Å². The number of carbonyl (C=O) groups excluding carboxylic acids is 1. The molecule has 0 amide bonds. The third-order valence-corrected chi connectivity index (χ3v) is 6.58. The Balaban J connectivity index is 1.92. The highest BCUT2D eigenvalue weighted by Gasteiger charge is 2.33. The van der Waals surface area contributed by atoms with Gasteiger partial charge in [-0.3, -0.25) is 9.36 Å². The second-order valence-corrected chi connectivity index (χ2v) is 9.69. The van der Waals surface area contributed by atoms with Crippen LogP contribution < -0.4 is 19.6 Å². The average molecular weight is 513 g/mol. The molecule has 2 heterocycles. The van der Waals surface area contributed by atoms with Crippen molar-refractivity contribution in [2.75, 3.05) is 6.61 Å². The van der Waals surface area contributed by atoms with Crippen LogP contribution in [0.4, 0.5) is 0 Å². The van der Waals surface area contributed by atoms with Crippen LogP contribution in [0.5, 0.6) is 11.5 Å². The first-order valence-corrected chi connectivity index (χ1v) is 12.3. The lowest BCUT2D eigenvalue weighted by Crippen LogP contribution is -2.39. The Labute approximate surface area is 211 Å². The Bertz CT molecular complexity index is 1490. The number of hydrogen-bond donors (Lipinski definition) is 1. The lowest BCUT2D eigenvalue weighted by molar-refractivity contribution is -0.139. The number of aromatic nitrogens is 1. The molecule has 0 bridgehead atoms. The Kier molecular flexibility index (Phi) is 7.14. The summed E-state index contributed by atoms with van der Waals surface area (Å²) < 4.78 is 12.9. The van der Waals surface area contributed by atoms with Crippen LogP contribution in [0.2, 0.25) is 5.02 Å². The van der Waals surface area contributed by atoms with E-state index in [4.69, 9.17) is 21.1 Å². The third kappa shape index (κ3) is 5.04. The molecule has 1 aliphatic rings. The van der Waals surface area contributed by atoms with E-state index in [0.717, 1.165) is 5.56 Å². The van der Waals surface area contributed by atoms with Crippen LogP contribution in [0, 0.1) is 0 Å². The number of phenols is 1. The van der Waals surface area contributed by atoms with Gasteiger partial charge in [0.1, 0.15) is 11.5 Å². The molecule has 0 unspecified atom stereocenters. The van der Waals surface area contributed by atoms with Gasteiger partial charge in [0.25, 0.3) is 5.56 Å². The highest BCUT2D eigenvalue weighted by atomic mass is 35.5. The van der Waals surface area contributed by atoms with Crippen LogP contribution in [0.3, 0.4) is 0 Å². The minimum Gasteiger partial charge on any atom is -0.507 e. The number of fused-ring (bicyclic) bond motifs is 1. The zero-order valence-corrected chi connectivity index (χ0v) is 21.3. The highest BCUT2D eigenvalue weighted by molar-refractivity contribution is 7.07.